The van der Waals surface area contributed by atoms with Crippen molar-refractivity contribution in [3.8, 4) is 11.1 Å². The highest BCUT2D eigenvalue weighted by Crippen LogP contribution is 2.45. The molecule has 0 saturated carbocycles. The van der Waals surface area contributed by atoms with Crippen LogP contribution in [0.2, 0.25) is 16.6 Å². The van der Waals surface area contributed by atoms with Crippen LogP contribution in [0.3, 0.4) is 0 Å². The molecule has 0 heterocycles. The number of alkyl carbamates (subject to hydrolysis) is 1. The molecule has 1 amide bonds. The molecule has 1 N–H and O–H groups in total. The predicted octanol–water partition coefficient (Wildman–Crippen LogP) is 6.63. The van der Waals surface area contributed by atoms with Gasteiger partial charge in [0.1, 0.15) is 12.6 Å². The summed E-state index contributed by atoms with van der Waals surface area (Å²) >= 11 is 0. The Hall–Kier alpha value is -2.60. The molecule has 1 atom stereocenters. The third-order valence-corrected chi connectivity index (χ3v) is 13.0. The highest BCUT2D eigenvalue weighted by Gasteiger charge is 2.48. The zero-order valence-electron chi connectivity index (χ0n) is 20.8. The van der Waals surface area contributed by atoms with Gasteiger partial charge in [-0.15, -0.1) is 0 Å². The van der Waals surface area contributed by atoms with E-state index in [1.165, 1.54) is 11.1 Å². The number of hydrogen-bond acceptors (Lipinski definition) is 4. The van der Waals surface area contributed by atoms with Crippen molar-refractivity contribution in [2.75, 3.05) is 6.61 Å². The lowest BCUT2D eigenvalue weighted by molar-refractivity contribution is -0.137. The number of rotatable bonds is 8. The molecule has 2 aromatic carbocycles. The third kappa shape index (κ3) is 4.86. The molecule has 0 spiro atoms. The van der Waals surface area contributed by atoms with Gasteiger partial charge in [0.05, 0.1) is 0 Å². The molecule has 0 radical (unpaired) electrons. The molecule has 0 aromatic heterocycles. The number of benzene rings is 2. The van der Waals surface area contributed by atoms with Crippen LogP contribution in [0.4, 0.5) is 4.79 Å². The normalized spacial score (nSPS) is 14.2. The van der Waals surface area contributed by atoms with Gasteiger partial charge < -0.3 is 14.5 Å². The fourth-order valence-corrected chi connectivity index (χ4v) is 10.7. The van der Waals surface area contributed by atoms with Gasteiger partial charge in [-0.1, -0.05) is 90.1 Å². The summed E-state index contributed by atoms with van der Waals surface area (Å²) in [4.78, 5) is 25.5. The first-order chi connectivity index (χ1) is 15.6. The maximum absolute atomic E-state index is 12.9. The van der Waals surface area contributed by atoms with Crippen molar-refractivity contribution < 1.29 is 18.8 Å². The van der Waals surface area contributed by atoms with Crippen LogP contribution in [0.25, 0.3) is 11.1 Å². The van der Waals surface area contributed by atoms with Gasteiger partial charge in [0.2, 0.25) is 0 Å². The van der Waals surface area contributed by atoms with Gasteiger partial charge in [-0.25, -0.2) is 4.79 Å². The summed E-state index contributed by atoms with van der Waals surface area (Å²) in [5, 5.41) is 2.68. The first kappa shape index (κ1) is 25.0. The molecular formula is C27H37NO4Si. The van der Waals surface area contributed by atoms with Crippen molar-refractivity contribution in [3.63, 3.8) is 0 Å². The molecule has 2 aromatic rings. The summed E-state index contributed by atoms with van der Waals surface area (Å²) in [6.07, 6.45) is -0.604. The quantitative estimate of drug-likeness (QED) is 0.442. The maximum atomic E-state index is 12.9. The number of amides is 1. The van der Waals surface area contributed by atoms with Crippen molar-refractivity contribution in [3.05, 3.63) is 59.7 Å². The first-order valence-corrected chi connectivity index (χ1v) is 14.1. The Morgan fingerprint density at radius 1 is 0.818 bits per heavy atom. The van der Waals surface area contributed by atoms with Crippen molar-refractivity contribution in [2.45, 2.75) is 77.0 Å². The van der Waals surface area contributed by atoms with Crippen LogP contribution in [-0.4, -0.2) is 33.0 Å². The molecule has 0 aliphatic heterocycles. The van der Waals surface area contributed by atoms with Gasteiger partial charge in [0.25, 0.3) is 8.32 Å². The summed E-state index contributed by atoms with van der Waals surface area (Å²) in [5.41, 5.74) is 5.50. The molecule has 33 heavy (non-hydrogen) atoms. The molecule has 3 rings (SSSR count). The fourth-order valence-electron chi connectivity index (χ4n) is 5.49. The second kappa shape index (κ2) is 10.1. The Bertz CT molecular complexity index is 934. The van der Waals surface area contributed by atoms with Crippen molar-refractivity contribution >= 4 is 20.4 Å². The minimum atomic E-state index is -2.37. The monoisotopic (exact) mass is 467 g/mol. The molecule has 0 unspecified atom stereocenters. The second-order valence-electron chi connectivity index (χ2n) is 9.93. The van der Waals surface area contributed by atoms with Gasteiger partial charge >= 0.3 is 12.1 Å². The average molecular weight is 468 g/mol. The molecule has 0 saturated heterocycles. The fraction of sp³-hybridized carbons (Fsp3) is 0.481. The number of nitrogens with one attached hydrogen (secondary N) is 1. The smallest absolute Gasteiger partial charge is 0.407 e. The highest BCUT2D eigenvalue weighted by molar-refractivity contribution is 6.79. The van der Waals surface area contributed by atoms with E-state index in [2.05, 4.69) is 71.1 Å². The van der Waals surface area contributed by atoms with Crippen LogP contribution in [0, 0.1) is 0 Å². The van der Waals surface area contributed by atoms with E-state index < -0.39 is 20.5 Å². The minimum Gasteiger partial charge on any atom is -0.517 e. The highest BCUT2D eigenvalue weighted by atomic mass is 28.4. The molecule has 178 valence electrons. The van der Waals surface area contributed by atoms with Crippen LogP contribution >= 0.6 is 0 Å². The van der Waals surface area contributed by atoms with Gasteiger partial charge in [0.15, 0.2) is 0 Å². The lowest BCUT2D eigenvalue weighted by Crippen LogP contribution is -2.52. The molecule has 0 bridgehead atoms. The number of ether oxygens (including phenoxy) is 1. The molecule has 1 aliphatic rings. The van der Waals surface area contributed by atoms with Crippen LogP contribution in [-0.2, 0) is 14.0 Å². The van der Waals surface area contributed by atoms with Crippen molar-refractivity contribution in [1.29, 1.82) is 0 Å². The summed E-state index contributed by atoms with van der Waals surface area (Å²) in [6, 6.07) is 15.6. The molecular weight excluding hydrogens is 430 g/mol. The standard InChI is InChI=1S/C27H37NO4Si/c1-17(2)33(18(3)4,19(5)6)32-26(29)20(7)28-27(30)31-16-25-23-14-10-8-12-21(23)22-13-9-11-15-24(22)25/h8-15,17-20,25H,16H2,1-7H3,(H,28,30)/t20-/m0/s1. The Balaban J connectivity index is 1.64. The zero-order chi connectivity index (χ0) is 24.3. The lowest BCUT2D eigenvalue weighted by atomic mass is 9.98. The van der Waals surface area contributed by atoms with Crippen LogP contribution in [0.5, 0.6) is 0 Å². The van der Waals surface area contributed by atoms with Gasteiger partial charge in [0, 0.05) is 5.92 Å². The topological polar surface area (TPSA) is 64.6 Å². The molecule has 5 nitrogen and oxygen atoms in total. The van der Waals surface area contributed by atoms with Gasteiger partial charge in [-0.05, 0) is 45.8 Å². The predicted molar refractivity (Wildman–Crippen MR) is 135 cm³/mol. The van der Waals surface area contributed by atoms with E-state index in [0.717, 1.165) is 11.1 Å². The Kier molecular flexibility index (Phi) is 7.68. The summed E-state index contributed by atoms with van der Waals surface area (Å²) in [6.45, 7) is 14.6. The zero-order valence-corrected chi connectivity index (χ0v) is 21.8. The summed E-state index contributed by atoms with van der Waals surface area (Å²) in [5.74, 6) is -0.403. The van der Waals surface area contributed by atoms with Gasteiger partial charge in [-0.3, -0.25) is 4.79 Å². The van der Waals surface area contributed by atoms with E-state index in [1.807, 2.05) is 24.3 Å². The number of carbonyl (C=O) groups excluding carboxylic acids is 2. The SMILES string of the molecule is CC(C)[Si](OC(=O)[C@H](C)NC(=O)OCC1c2ccccc2-c2ccccc21)(C(C)C)C(C)C. The van der Waals surface area contributed by atoms with Crippen molar-refractivity contribution in [2.24, 2.45) is 0 Å². The van der Waals surface area contributed by atoms with E-state index >= 15 is 0 Å². The Morgan fingerprint density at radius 2 is 1.27 bits per heavy atom. The number of carbonyl (C=O) groups is 2. The minimum absolute atomic E-state index is 0.0201. The van der Waals surface area contributed by atoms with E-state index in [9.17, 15) is 9.59 Å². The second-order valence-corrected chi connectivity index (χ2v) is 15.3. The Labute approximate surface area is 199 Å². The average Bonchev–Trinajstić information content (AvgIpc) is 3.08. The number of hydrogen-bond donors (Lipinski definition) is 1. The van der Waals surface area contributed by atoms with E-state index in [-0.39, 0.29) is 35.1 Å². The summed E-state index contributed by atoms with van der Waals surface area (Å²) < 4.78 is 11.8. The van der Waals surface area contributed by atoms with Crippen molar-refractivity contribution in [1.82, 2.24) is 5.32 Å². The number of fused-ring (bicyclic) bond motifs is 3. The molecule has 6 heteroatoms. The van der Waals surface area contributed by atoms with E-state index in [1.54, 1.807) is 6.92 Å². The molecule has 1 aliphatic carbocycles. The van der Waals surface area contributed by atoms with Crippen LogP contribution < -0.4 is 5.32 Å². The third-order valence-electron chi connectivity index (χ3n) is 7.02. The maximum Gasteiger partial charge on any atom is 0.407 e. The lowest BCUT2D eigenvalue weighted by Gasteiger charge is -2.41. The largest absolute Gasteiger partial charge is 0.517 e. The van der Waals surface area contributed by atoms with E-state index in [0.29, 0.717) is 0 Å². The van der Waals surface area contributed by atoms with Gasteiger partial charge in [-0.2, -0.15) is 0 Å². The Morgan fingerprint density at radius 3 is 1.73 bits per heavy atom. The van der Waals surface area contributed by atoms with Crippen LogP contribution in [0.15, 0.2) is 48.5 Å². The summed E-state index contributed by atoms with van der Waals surface area (Å²) in [7, 11) is -2.37. The van der Waals surface area contributed by atoms with Crippen LogP contribution in [0.1, 0.15) is 65.5 Å². The first-order valence-electron chi connectivity index (χ1n) is 11.9. The van der Waals surface area contributed by atoms with E-state index in [4.69, 9.17) is 9.16 Å². The molecule has 0 fully saturated rings.